The van der Waals surface area contributed by atoms with Crippen LogP contribution < -0.4 is 10.1 Å². The molecule has 4 nitrogen and oxygen atoms in total. The first-order chi connectivity index (χ1) is 11.2. The van der Waals surface area contributed by atoms with E-state index in [1.54, 1.807) is 30.5 Å². The van der Waals surface area contributed by atoms with Gasteiger partial charge in [0.1, 0.15) is 17.3 Å². The zero-order chi connectivity index (χ0) is 16.1. The predicted molar refractivity (Wildman–Crippen MR) is 89.9 cm³/mol. The van der Waals surface area contributed by atoms with E-state index in [9.17, 15) is 4.79 Å². The maximum Gasteiger partial charge on any atom is 0.256 e. The summed E-state index contributed by atoms with van der Waals surface area (Å²) in [6.45, 7) is 1.90. The van der Waals surface area contributed by atoms with Gasteiger partial charge in [-0.1, -0.05) is 24.3 Å². The summed E-state index contributed by atoms with van der Waals surface area (Å²) in [4.78, 5) is 16.4. The number of benzene rings is 2. The van der Waals surface area contributed by atoms with Gasteiger partial charge in [-0.2, -0.15) is 0 Å². The van der Waals surface area contributed by atoms with Gasteiger partial charge in [0.05, 0.1) is 0 Å². The molecule has 3 rings (SSSR count). The number of carbonyl (C=O) groups excluding carboxylic acids is 1. The number of carbonyl (C=O) groups is 1. The Balaban J connectivity index is 1.69. The monoisotopic (exact) mass is 304 g/mol. The van der Waals surface area contributed by atoms with Crippen molar-refractivity contribution in [1.29, 1.82) is 0 Å². The van der Waals surface area contributed by atoms with Crippen molar-refractivity contribution < 1.29 is 9.53 Å². The van der Waals surface area contributed by atoms with Gasteiger partial charge in [-0.3, -0.25) is 4.79 Å². The van der Waals surface area contributed by atoms with E-state index in [1.807, 2.05) is 49.4 Å². The van der Waals surface area contributed by atoms with Crippen LogP contribution in [-0.4, -0.2) is 10.9 Å². The molecule has 1 amide bonds. The average Bonchev–Trinajstić information content (AvgIpc) is 2.58. The summed E-state index contributed by atoms with van der Waals surface area (Å²) in [6.07, 6.45) is 1.65. The van der Waals surface area contributed by atoms with Crippen LogP contribution >= 0.6 is 0 Å². The minimum absolute atomic E-state index is 0.196. The fraction of sp³-hybridized carbons (Fsp3) is 0.0526. The molecule has 0 radical (unpaired) electrons. The Morgan fingerprint density at radius 2 is 1.61 bits per heavy atom. The number of hydrogen-bond acceptors (Lipinski definition) is 3. The lowest BCUT2D eigenvalue weighted by molar-refractivity contribution is 0.102. The molecular formula is C19H16N2O2. The average molecular weight is 304 g/mol. The number of hydrogen-bond donors (Lipinski definition) is 1. The maximum absolute atomic E-state index is 12.2. The van der Waals surface area contributed by atoms with Crippen LogP contribution in [-0.2, 0) is 0 Å². The number of nitrogens with one attached hydrogen (secondary N) is 1. The standard InChI is InChI=1S/C19H16N2O2/c1-14-6-5-13-20-18(14)21-19(22)15-9-11-17(12-10-15)23-16-7-3-2-4-8-16/h2-13H,1H3,(H,20,21,22). The normalized spacial score (nSPS) is 10.1. The van der Waals surface area contributed by atoms with Gasteiger partial charge in [0.2, 0.25) is 0 Å². The first-order valence-electron chi connectivity index (χ1n) is 7.28. The number of aryl methyl sites for hydroxylation is 1. The molecule has 0 aliphatic rings. The third-order valence-corrected chi connectivity index (χ3v) is 3.34. The molecule has 0 spiro atoms. The van der Waals surface area contributed by atoms with E-state index < -0.39 is 0 Å². The molecule has 1 aromatic heterocycles. The fourth-order valence-corrected chi connectivity index (χ4v) is 2.10. The molecule has 0 unspecified atom stereocenters. The molecule has 4 heteroatoms. The van der Waals surface area contributed by atoms with Crippen LogP contribution in [0.5, 0.6) is 11.5 Å². The van der Waals surface area contributed by atoms with Gasteiger partial charge in [0, 0.05) is 11.8 Å². The highest BCUT2D eigenvalue weighted by Gasteiger charge is 2.08. The Morgan fingerprint density at radius 3 is 2.30 bits per heavy atom. The predicted octanol–water partition coefficient (Wildman–Crippen LogP) is 4.43. The van der Waals surface area contributed by atoms with Crippen LogP contribution in [0.2, 0.25) is 0 Å². The van der Waals surface area contributed by atoms with Gasteiger partial charge < -0.3 is 10.1 Å². The van der Waals surface area contributed by atoms with Crippen molar-refractivity contribution in [3.8, 4) is 11.5 Å². The SMILES string of the molecule is Cc1cccnc1NC(=O)c1ccc(Oc2ccccc2)cc1. The van der Waals surface area contributed by atoms with Crippen LogP contribution in [0, 0.1) is 6.92 Å². The molecule has 23 heavy (non-hydrogen) atoms. The van der Waals surface area contributed by atoms with Crippen molar-refractivity contribution in [1.82, 2.24) is 4.98 Å². The second-order valence-electron chi connectivity index (χ2n) is 5.06. The Bertz CT molecular complexity index is 799. The zero-order valence-corrected chi connectivity index (χ0v) is 12.7. The number of pyridine rings is 1. The lowest BCUT2D eigenvalue weighted by Crippen LogP contribution is -2.13. The van der Waals surface area contributed by atoms with Crippen molar-refractivity contribution in [2.75, 3.05) is 5.32 Å². The maximum atomic E-state index is 12.2. The van der Waals surface area contributed by atoms with E-state index in [-0.39, 0.29) is 5.91 Å². The molecule has 0 saturated carbocycles. The van der Waals surface area contributed by atoms with E-state index in [0.717, 1.165) is 11.3 Å². The minimum atomic E-state index is -0.196. The number of nitrogens with zero attached hydrogens (tertiary/aromatic N) is 1. The molecule has 2 aromatic carbocycles. The van der Waals surface area contributed by atoms with E-state index >= 15 is 0 Å². The number of para-hydroxylation sites is 1. The molecule has 0 atom stereocenters. The highest BCUT2D eigenvalue weighted by atomic mass is 16.5. The number of aromatic nitrogens is 1. The van der Waals surface area contributed by atoms with Crippen molar-refractivity contribution in [2.24, 2.45) is 0 Å². The summed E-state index contributed by atoms with van der Waals surface area (Å²) < 4.78 is 5.71. The number of ether oxygens (including phenoxy) is 1. The van der Waals surface area contributed by atoms with Crippen LogP contribution in [0.25, 0.3) is 0 Å². The lowest BCUT2D eigenvalue weighted by atomic mass is 10.2. The number of anilines is 1. The van der Waals surface area contributed by atoms with Gasteiger partial charge in [0.25, 0.3) is 5.91 Å². The quantitative estimate of drug-likeness (QED) is 0.775. The highest BCUT2D eigenvalue weighted by Crippen LogP contribution is 2.21. The van der Waals surface area contributed by atoms with E-state index in [2.05, 4.69) is 10.3 Å². The molecule has 114 valence electrons. The molecule has 0 fully saturated rings. The van der Waals surface area contributed by atoms with Crippen molar-refractivity contribution in [3.63, 3.8) is 0 Å². The van der Waals surface area contributed by atoms with Crippen molar-refractivity contribution in [2.45, 2.75) is 6.92 Å². The van der Waals surface area contributed by atoms with Crippen molar-refractivity contribution >= 4 is 11.7 Å². The molecule has 3 aromatic rings. The highest BCUT2D eigenvalue weighted by molar-refractivity contribution is 6.04. The van der Waals surface area contributed by atoms with Crippen LogP contribution in [0.15, 0.2) is 72.9 Å². The van der Waals surface area contributed by atoms with E-state index in [4.69, 9.17) is 4.74 Å². The molecular weight excluding hydrogens is 288 g/mol. The third-order valence-electron chi connectivity index (χ3n) is 3.34. The molecule has 1 N–H and O–H groups in total. The van der Waals surface area contributed by atoms with Gasteiger partial charge in [-0.15, -0.1) is 0 Å². The number of amides is 1. The Morgan fingerprint density at radius 1 is 0.913 bits per heavy atom. The van der Waals surface area contributed by atoms with Crippen LogP contribution in [0.4, 0.5) is 5.82 Å². The van der Waals surface area contributed by atoms with Gasteiger partial charge in [-0.25, -0.2) is 4.98 Å². The smallest absolute Gasteiger partial charge is 0.256 e. The Hall–Kier alpha value is -3.14. The lowest BCUT2D eigenvalue weighted by Gasteiger charge is -2.08. The summed E-state index contributed by atoms with van der Waals surface area (Å²) in [5.41, 5.74) is 1.47. The largest absolute Gasteiger partial charge is 0.457 e. The summed E-state index contributed by atoms with van der Waals surface area (Å²) >= 11 is 0. The molecule has 0 aliphatic heterocycles. The molecule has 0 bridgehead atoms. The van der Waals surface area contributed by atoms with Crippen molar-refractivity contribution in [3.05, 3.63) is 84.1 Å². The first kappa shape index (κ1) is 14.8. The van der Waals surface area contributed by atoms with E-state index in [0.29, 0.717) is 17.1 Å². The van der Waals surface area contributed by atoms with Crippen LogP contribution in [0.1, 0.15) is 15.9 Å². The van der Waals surface area contributed by atoms with Gasteiger partial charge in [-0.05, 0) is 55.0 Å². The number of rotatable bonds is 4. The Labute approximate surface area is 134 Å². The topological polar surface area (TPSA) is 51.2 Å². The van der Waals surface area contributed by atoms with E-state index in [1.165, 1.54) is 0 Å². The molecule has 0 saturated heterocycles. The summed E-state index contributed by atoms with van der Waals surface area (Å²) in [7, 11) is 0. The third kappa shape index (κ3) is 3.74. The second kappa shape index (κ2) is 6.75. The molecule has 1 heterocycles. The van der Waals surface area contributed by atoms with Gasteiger partial charge >= 0.3 is 0 Å². The summed E-state index contributed by atoms with van der Waals surface area (Å²) in [6, 6.07) is 20.2. The first-order valence-corrected chi connectivity index (χ1v) is 7.28. The summed E-state index contributed by atoms with van der Waals surface area (Å²) in [5.74, 6) is 1.82. The summed E-state index contributed by atoms with van der Waals surface area (Å²) in [5, 5.41) is 2.80. The van der Waals surface area contributed by atoms with Gasteiger partial charge in [0.15, 0.2) is 0 Å². The minimum Gasteiger partial charge on any atom is -0.457 e. The molecule has 0 aliphatic carbocycles. The zero-order valence-electron chi connectivity index (χ0n) is 12.7. The second-order valence-corrected chi connectivity index (χ2v) is 5.06. The van der Waals surface area contributed by atoms with Crippen LogP contribution in [0.3, 0.4) is 0 Å². The Kier molecular flexibility index (Phi) is 4.34. The fourth-order valence-electron chi connectivity index (χ4n) is 2.10.